The molecule has 2 aromatic rings. The Hall–Kier alpha value is -2.70. The van der Waals surface area contributed by atoms with Gasteiger partial charge < -0.3 is 9.84 Å². The SMILES string of the molecule is Cn1cc(COc2c(F)cc(C=CC(=O)O)cc2F)cn1. The van der Waals surface area contributed by atoms with Gasteiger partial charge in [-0.15, -0.1) is 0 Å². The average molecular weight is 294 g/mol. The number of aryl methyl sites for hydroxylation is 1. The molecule has 0 atom stereocenters. The number of halogens is 2. The number of rotatable bonds is 5. The lowest BCUT2D eigenvalue weighted by atomic mass is 10.2. The Balaban J connectivity index is 2.15. The molecule has 0 saturated heterocycles. The van der Waals surface area contributed by atoms with Crippen LogP contribution >= 0.6 is 0 Å². The second kappa shape index (κ2) is 6.17. The highest BCUT2D eigenvalue weighted by atomic mass is 19.1. The lowest BCUT2D eigenvalue weighted by Gasteiger charge is -2.08. The van der Waals surface area contributed by atoms with E-state index in [0.29, 0.717) is 5.56 Å². The van der Waals surface area contributed by atoms with E-state index < -0.39 is 23.4 Å². The molecular formula is C14H12F2N2O3. The number of aliphatic carboxylic acids is 1. The lowest BCUT2D eigenvalue weighted by molar-refractivity contribution is -0.131. The summed E-state index contributed by atoms with van der Waals surface area (Å²) in [6, 6.07) is 2.00. The zero-order valence-corrected chi connectivity index (χ0v) is 11.1. The minimum Gasteiger partial charge on any atom is -0.483 e. The molecule has 0 aliphatic rings. The molecule has 0 radical (unpaired) electrons. The third-order valence-electron chi connectivity index (χ3n) is 2.58. The quantitative estimate of drug-likeness (QED) is 0.860. The number of aromatic nitrogens is 2. The molecule has 0 spiro atoms. The molecule has 2 rings (SSSR count). The summed E-state index contributed by atoms with van der Waals surface area (Å²) in [4.78, 5) is 10.4. The molecule has 1 N–H and O–H groups in total. The van der Waals surface area contributed by atoms with E-state index in [9.17, 15) is 13.6 Å². The third-order valence-corrected chi connectivity index (χ3v) is 2.58. The van der Waals surface area contributed by atoms with Crippen molar-refractivity contribution in [3.63, 3.8) is 0 Å². The molecule has 21 heavy (non-hydrogen) atoms. The predicted octanol–water partition coefficient (Wildman–Crippen LogP) is 2.38. The number of carboxylic acids is 1. The van der Waals surface area contributed by atoms with Crippen LogP contribution < -0.4 is 4.74 Å². The number of nitrogens with zero attached hydrogens (tertiary/aromatic N) is 2. The molecule has 0 amide bonds. The van der Waals surface area contributed by atoms with Crippen molar-refractivity contribution < 1.29 is 23.4 Å². The molecule has 110 valence electrons. The van der Waals surface area contributed by atoms with Gasteiger partial charge in [0, 0.05) is 24.9 Å². The van der Waals surface area contributed by atoms with Crippen molar-refractivity contribution >= 4 is 12.0 Å². The summed E-state index contributed by atoms with van der Waals surface area (Å²) in [5.74, 6) is -3.51. The Kier molecular flexibility index (Phi) is 4.32. The molecule has 0 aliphatic carbocycles. The van der Waals surface area contributed by atoms with Gasteiger partial charge in [-0.25, -0.2) is 13.6 Å². The van der Waals surface area contributed by atoms with Gasteiger partial charge in [0.05, 0.1) is 6.20 Å². The molecule has 0 saturated carbocycles. The summed E-state index contributed by atoms with van der Waals surface area (Å²) in [7, 11) is 1.72. The fourth-order valence-electron chi connectivity index (χ4n) is 1.68. The van der Waals surface area contributed by atoms with Gasteiger partial charge in [-0.2, -0.15) is 5.10 Å². The van der Waals surface area contributed by atoms with E-state index in [1.165, 1.54) is 6.20 Å². The monoisotopic (exact) mass is 294 g/mol. The van der Waals surface area contributed by atoms with Crippen LogP contribution in [-0.4, -0.2) is 20.9 Å². The fourth-order valence-corrected chi connectivity index (χ4v) is 1.68. The molecule has 0 fully saturated rings. The molecule has 0 bridgehead atoms. The van der Waals surface area contributed by atoms with Crippen molar-refractivity contribution in [3.8, 4) is 5.75 Å². The van der Waals surface area contributed by atoms with Crippen molar-refractivity contribution in [1.82, 2.24) is 9.78 Å². The standard InChI is InChI=1S/C14H12F2N2O3/c1-18-7-10(6-17-18)8-21-14-11(15)4-9(5-12(14)16)2-3-13(19)20/h2-7H,8H2,1H3,(H,19,20). The van der Waals surface area contributed by atoms with Gasteiger partial charge in [0.25, 0.3) is 0 Å². The molecule has 0 unspecified atom stereocenters. The summed E-state index contributed by atoms with van der Waals surface area (Å²) in [6.07, 6.45) is 5.09. The van der Waals surface area contributed by atoms with Crippen LogP contribution in [0.25, 0.3) is 6.08 Å². The molecule has 1 aromatic carbocycles. The normalized spacial score (nSPS) is 11.0. The van der Waals surface area contributed by atoms with Crippen molar-refractivity contribution in [2.45, 2.75) is 6.61 Å². The van der Waals surface area contributed by atoms with Crippen LogP contribution in [0.2, 0.25) is 0 Å². The van der Waals surface area contributed by atoms with Crippen molar-refractivity contribution in [3.05, 3.63) is 53.4 Å². The molecular weight excluding hydrogens is 282 g/mol. The van der Waals surface area contributed by atoms with Crippen LogP contribution in [0.1, 0.15) is 11.1 Å². The molecule has 1 heterocycles. The van der Waals surface area contributed by atoms with E-state index in [4.69, 9.17) is 9.84 Å². The highest BCUT2D eigenvalue weighted by Gasteiger charge is 2.12. The maximum Gasteiger partial charge on any atom is 0.328 e. The van der Waals surface area contributed by atoms with E-state index in [2.05, 4.69) is 5.10 Å². The summed E-state index contributed by atoms with van der Waals surface area (Å²) in [5.41, 5.74) is 0.771. The van der Waals surface area contributed by atoms with Gasteiger partial charge in [-0.05, 0) is 23.8 Å². The van der Waals surface area contributed by atoms with Crippen LogP contribution in [-0.2, 0) is 18.4 Å². The molecule has 1 aromatic heterocycles. The van der Waals surface area contributed by atoms with E-state index in [0.717, 1.165) is 24.3 Å². The van der Waals surface area contributed by atoms with Gasteiger partial charge in [0.15, 0.2) is 17.4 Å². The van der Waals surface area contributed by atoms with Crippen LogP contribution in [0.15, 0.2) is 30.6 Å². The summed E-state index contributed by atoms with van der Waals surface area (Å²) < 4.78 is 34.2. The van der Waals surface area contributed by atoms with Crippen LogP contribution in [0.3, 0.4) is 0 Å². The molecule has 5 nitrogen and oxygen atoms in total. The summed E-state index contributed by atoms with van der Waals surface area (Å²) in [6.45, 7) is -0.0218. The maximum atomic E-state index is 13.8. The number of hydrogen-bond donors (Lipinski definition) is 1. The van der Waals surface area contributed by atoms with Gasteiger partial charge in [0.1, 0.15) is 6.61 Å². The first-order chi connectivity index (χ1) is 9.95. The molecule has 0 aliphatic heterocycles. The fraction of sp³-hybridized carbons (Fsp3) is 0.143. The highest BCUT2D eigenvalue weighted by molar-refractivity contribution is 5.85. The van der Waals surface area contributed by atoms with Gasteiger partial charge in [-0.1, -0.05) is 0 Å². The number of carboxylic acid groups (broad SMARTS) is 1. The van der Waals surface area contributed by atoms with Crippen molar-refractivity contribution in [2.75, 3.05) is 0 Å². The van der Waals surface area contributed by atoms with E-state index >= 15 is 0 Å². The summed E-state index contributed by atoms with van der Waals surface area (Å²) in [5, 5.41) is 12.4. The van der Waals surface area contributed by atoms with E-state index in [1.807, 2.05) is 0 Å². The van der Waals surface area contributed by atoms with Crippen molar-refractivity contribution in [2.24, 2.45) is 7.05 Å². The largest absolute Gasteiger partial charge is 0.483 e. The lowest BCUT2D eigenvalue weighted by Crippen LogP contribution is -2.00. The number of carbonyl (C=O) groups is 1. The van der Waals surface area contributed by atoms with Crippen LogP contribution in [0.5, 0.6) is 5.75 Å². The Morgan fingerprint density at radius 2 is 2.10 bits per heavy atom. The Bertz CT molecular complexity index is 672. The second-order valence-corrected chi connectivity index (χ2v) is 4.30. The van der Waals surface area contributed by atoms with Gasteiger partial charge >= 0.3 is 5.97 Å². The maximum absolute atomic E-state index is 13.8. The van der Waals surface area contributed by atoms with Crippen LogP contribution in [0.4, 0.5) is 8.78 Å². The number of benzene rings is 1. The zero-order valence-electron chi connectivity index (χ0n) is 11.1. The smallest absolute Gasteiger partial charge is 0.328 e. The zero-order chi connectivity index (χ0) is 15.4. The third kappa shape index (κ3) is 3.88. The van der Waals surface area contributed by atoms with Gasteiger partial charge in [-0.3, -0.25) is 4.68 Å². The summed E-state index contributed by atoms with van der Waals surface area (Å²) >= 11 is 0. The van der Waals surface area contributed by atoms with Crippen LogP contribution in [0, 0.1) is 11.6 Å². The minimum atomic E-state index is -1.20. The van der Waals surface area contributed by atoms with Crippen molar-refractivity contribution in [1.29, 1.82) is 0 Å². The first-order valence-corrected chi connectivity index (χ1v) is 5.96. The Morgan fingerprint density at radius 1 is 1.43 bits per heavy atom. The topological polar surface area (TPSA) is 64.3 Å². The van der Waals surface area contributed by atoms with E-state index in [-0.39, 0.29) is 12.2 Å². The number of hydrogen-bond acceptors (Lipinski definition) is 3. The predicted molar refractivity (Wildman–Crippen MR) is 70.6 cm³/mol. The number of ether oxygens (including phenoxy) is 1. The second-order valence-electron chi connectivity index (χ2n) is 4.30. The highest BCUT2D eigenvalue weighted by Crippen LogP contribution is 2.24. The molecule has 7 heteroatoms. The first-order valence-electron chi connectivity index (χ1n) is 5.96. The Morgan fingerprint density at radius 3 is 2.62 bits per heavy atom. The minimum absolute atomic E-state index is 0.0218. The Labute approximate surface area is 119 Å². The van der Waals surface area contributed by atoms with E-state index in [1.54, 1.807) is 17.9 Å². The van der Waals surface area contributed by atoms with Gasteiger partial charge in [0.2, 0.25) is 0 Å². The first kappa shape index (κ1) is 14.7. The average Bonchev–Trinajstić information content (AvgIpc) is 2.81.